The van der Waals surface area contributed by atoms with Gasteiger partial charge in [-0.25, -0.2) is 9.18 Å². The highest BCUT2D eigenvalue weighted by Crippen LogP contribution is 2.22. The van der Waals surface area contributed by atoms with Crippen LogP contribution in [-0.4, -0.2) is 12.6 Å². The molecule has 1 rings (SSSR count). The maximum atomic E-state index is 12.7. The molecule has 3 N–H and O–H groups in total. The fraction of sp³-hybridized carbons (Fsp3) is 0.364. The second-order valence-corrected chi connectivity index (χ2v) is 4.11. The molecule has 0 heterocycles. The summed E-state index contributed by atoms with van der Waals surface area (Å²) in [5.74, 6) is -0.266. The average Bonchev–Trinajstić information content (AvgIpc) is 2.16. The van der Waals surface area contributed by atoms with Gasteiger partial charge in [0.1, 0.15) is 5.82 Å². The van der Waals surface area contributed by atoms with Gasteiger partial charge in [0, 0.05) is 12.0 Å². The van der Waals surface area contributed by atoms with Crippen molar-refractivity contribution in [3.05, 3.63) is 35.6 Å². The molecule has 0 fully saturated rings. The van der Waals surface area contributed by atoms with Crippen LogP contribution in [-0.2, 0) is 5.41 Å². The summed E-state index contributed by atoms with van der Waals surface area (Å²) < 4.78 is 12.7. The molecule has 2 amide bonds. The predicted molar refractivity (Wildman–Crippen MR) is 57.0 cm³/mol. The molecule has 0 unspecified atom stereocenters. The quantitative estimate of drug-likeness (QED) is 0.784. The largest absolute Gasteiger partial charge is 0.352 e. The highest BCUT2D eigenvalue weighted by atomic mass is 19.1. The van der Waals surface area contributed by atoms with E-state index in [0.717, 1.165) is 5.56 Å². The molecule has 0 atom stereocenters. The molecule has 1 aromatic rings. The molecule has 0 aromatic heterocycles. The Labute approximate surface area is 88.5 Å². The van der Waals surface area contributed by atoms with Crippen molar-refractivity contribution in [1.82, 2.24) is 5.32 Å². The molecule has 82 valence electrons. The Hall–Kier alpha value is -1.58. The number of nitrogens with two attached hydrogens (primary N) is 1. The topological polar surface area (TPSA) is 55.1 Å². The highest BCUT2D eigenvalue weighted by molar-refractivity contribution is 5.71. The number of amides is 2. The van der Waals surface area contributed by atoms with Crippen LogP contribution in [0.5, 0.6) is 0 Å². The van der Waals surface area contributed by atoms with E-state index in [1.165, 1.54) is 12.1 Å². The summed E-state index contributed by atoms with van der Waals surface area (Å²) in [7, 11) is 0. The number of carbonyl (C=O) groups is 1. The van der Waals surface area contributed by atoms with Crippen LogP contribution in [0.2, 0.25) is 0 Å². The lowest BCUT2D eigenvalue weighted by Gasteiger charge is -2.25. The van der Waals surface area contributed by atoms with Crippen LogP contribution in [0.3, 0.4) is 0 Å². The number of nitrogens with one attached hydrogen (secondary N) is 1. The van der Waals surface area contributed by atoms with Gasteiger partial charge < -0.3 is 11.1 Å². The van der Waals surface area contributed by atoms with Gasteiger partial charge >= 0.3 is 6.03 Å². The zero-order valence-corrected chi connectivity index (χ0v) is 8.88. The molecule has 4 heteroatoms. The van der Waals surface area contributed by atoms with Crippen molar-refractivity contribution in [2.24, 2.45) is 5.73 Å². The lowest BCUT2D eigenvalue weighted by molar-refractivity contribution is 0.246. The summed E-state index contributed by atoms with van der Waals surface area (Å²) >= 11 is 0. The molecular formula is C11H15FN2O. The van der Waals surface area contributed by atoms with E-state index in [0.29, 0.717) is 6.54 Å². The van der Waals surface area contributed by atoms with Crippen molar-refractivity contribution in [3.63, 3.8) is 0 Å². The summed E-state index contributed by atoms with van der Waals surface area (Å²) in [4.78, 5) is 10.6. The van der Waals surface area contributed by atoms with Crippen molar-refractivity contribution in [2.75, 3.05) is 6.54 Å². The van der Waals surface area contributed by atoms with E-state index in [2.05, 4.69) is 5.32 Å². The first kappa shape index (κ1) is 11.5. The van der Waals surface area contributed by atoms with Gasteiger partial charge in [-0.1, -0.05) is 26.0 Å². The Kier molecular flexibility index (Phi) is 3.29. The minimum Gasteiger partial charge on any atom is -0.352 e. The van der Waals surface area contributed by atoms with Crippen molar-refractivity contribution in [1.29, 1.82) is 0 Å². The van der Waals surface area contributed by atoms with Gasteiger partial charge in [-0.15, -0.1) is 0 Å². The standard InChI is InChI=1S/C11H15FN2O/c1-11(2,7-14-10(13)15)8-3-5-9(12)6-4-8/h3-6H,7H2,1-2H3,(H3,13,14,15). The molecule has 0 spiro atoms. The van der Waals surface area contributed by atoms with Gasteiger partial charge in [0.15, 0.2) is 0 Å². The molecule has 0 aliphatic rings. The van der Waals surface area contributed by atoms with E-state index in [1.54, 1.807) is 12.1 Å². The Morgan fingerprint density at radius 1 is 1.40 bits per heavy atom. The SMILES string of the molecule is CC(C)(CNC(N)=O)c1ccc(F)cc1. The summed E-state index contributed by atoms with van der Waals surface area (Å²) in [5.41, 5.74) is 5.69. The Bertz CT molecular complexity index is 346. The number of hydrogen-bond donors (Lipinski definition) is 2. The van der Waals surface area contributed by atoms with Crippen LogP contribution in [0.4, 0.5) is 9.18 Å². The lowest BCUT2D eigenvalue weighted by atomic mass is 9.84. The molecule has 0 bridgehead atoms. The van der Waals surface area contributed by atoms with Gasteiger partial charge in [0.05, 0.1) is 0 Å². The van der Waals surface area contributed by atoms with E-state index in [1.807, 2.05) is 13.8 Å². The Morgan fingerprint density at radius 2 is 1.93 bits per heavy atom. The van der Waals surface area contributed by atoms with Crippen molar-refractivity contribution < 1.29 is 9.18 Å². The predicted octanol–water partition coefficient (Wildman–Crippen LogP) is 1.77. The Morgan fingerprint density at radius 3 is 2.40 bits per heavy atom. The maximum Gasteiger partial charge on any atom is 0.312 e. The molecule has 3 nitrogen and oxygen atoms in total. The van der Waals surface area contributed by atoms with Gasteiger partial charge in [0.2, 0.25) is 0 Å². The summed E-state index contributed by atoms with van der Waals surface area (Å²) in [6.07, 6.45) is 0. The monoisotopic (exact) mass is 210 g/mol. The third-order valence-electron chi connectivity index (χ3n) is 2.33. The van der Waals surface area contributed by atoms with Gasteiger partial charge in [-0.3, -0.25) is 0 Å². The molecule has 0 radical (unpaired) electrons. The third-order valence-corrected chi connectivity index (χ3v) is 2.33. The molecular weight excluding hydrogens is 195 g/mol. The molecule has 1 aromatic carbocycles. The minimum atomic E-state index is -0.551. The van der Waals surface area contributed by atoms with Crippen LogP contribution in [0, 0.1) is 5.82 Å². The summed E-state index contributed by atoms with van der Waals surface area (Å²) in [5, 5.41) is 2.54. The fourth-order valence-corrected chi connectivity index (χ4v) is 1.31. The van der Waals surface area contributed by atoms with Gasteiger partial charge in [0.25, 0.3) is 0 Å². The summed E-state index contributed by atoms with van der Waals surface area (Å²) in [6, 6.07) is 5.67. The van der Waals surface area contributed by atoms with E-state index in [4.69, 9.17) is 5.73 Å². The normalized spacial score (nSPS) is 11.1. The van der Waals surface area contributed by atoms with Crippen molar-refractivity contribution in [3.8, 4) is 0 Å². The average molecular weight is 210 g/mol. The minimum absolute atomic E-state index is 0.261. The van der Waals surface area contributed by atoms with Gasteiger partial charge in [-0.2, -0.15) is 0 Å². The first-order chi connectivity index (χ1) is 6.92. The van der Waals surface area contributed by atoms with Gasteiger partial charge in [-0.05, 0) is 17.7 Å². The number of benzene rings is 1. The number of primary amides is 1. The van der Waals surface area contributed by atoms with Crippen LogP contribution in [0.25, 0.3) is 0 Å². The van der Waals surface area contributed by atoms with Crippen LogP contribution >= 0.6 is 0 Å². The van der Waals surface area contributed by atoms with Crippen LogP contribution in [0.15, 0.2) is 24.3 Å². The lowest BCUT2D eigenvalue weighted by Crippen LogP contribution is -2.39. The highest BCUT2D eigenvalue weighted by Gasteiger charge is 2.20. The maximum absolute atomic E-state index is 12.7. The molecule has 0 saturated carbocycles. The summed E-state index contributed by atoms with van der Waals surface area (Å²) in [6.45, 7) is 4.33. The first-order valence-electron chi connectivity index (χ1n) is 4.71. The van der Waals surface area contributed by atoms with E-state index >= 15 is 0 Å². The molecule has 0 aliphatic carbocycles. The third kappa shape index (κ3) is 3.23. The van der Waals surface area contributed by atoms with Crippen LogP contribution < -0.4 is 11.1 Å². The van der Waals surface area contributed by atoms with Crippen LogP contribution in [0.1, 0.15) is 19.4 Å². The number of urea groups is 1. The number of rotatable bonds is 3. The zero-order chi connectivity index (χ0) is 11.5. The number of halogens is 1. The fourth-order valence-electron chi connectivity index (χ4n) is 1.31. The van der Waals surface area contributed by atoms with Crippen molar-refractivity contribution >= 4 is 6.03 Å². The zero-order valence-electron chi connectivity index (χ0n) is 8.88. The Balaban J connectivity index is 2.76. The van der Waals surface area contributed by atoms with Crippen molar-refractivity contribution in [2.45, 2.75) is 19.3 Å². The molecule has 0 saturated heterocycles. The molecule has 0 aliphatic heterocycles. The molecule has 15 heavy (non-hydrogen) atoms. The second-order valence-electron chi connectivity index (χ2n) is 4.11. The van der Waals surface area contributed by atoms with E-state index < -0.39 is 6.03 Å². The first-order valence-corrected chi connectivity index (χ1v) is 4.71. The van der Waals surface area contributed by atoms with E-state index in [9.17, 15) is 9.18 Å². The van der Waals surface area contributed by atoms with E-state index in [-0.39, 0.29) is 11.2 Å². The second kappa shape index (κ2) is 4.29. The number of carbonyl (C=O) groups excluding carboxylic acids is 1. The number of hydrogen-bond acceptors (Lipinski definition) is 1. The smallest absolute Gasteiger partial charge is 0.312 e.